The minimum atomic E-state index is 0.980. The van der Waals surface area contributed by atoms with E-state index in [1.54, 1.807) is 0 Å². The first-order chi connectivity index (χ1) is 4.20. The zero-order valence-corrected chi connectivity index (χ0v) is 6.85. The van der Waals surface area contributed by atoms with Crippen molar-refractivity contribution >= 4 is 0 Å². The smallest absolute Gasteiger partial charge is 0.0414 e. The molecular formula is C9H18. The maximum atomic E-state index is 2.39. The lowest BCUT2D eigenvalue weighted by atomic mass is 9.77. The first-order valence-electron chi connectivity index (χ1n) is 4.20. The van der Waals surface area contributed by atoms with Gasteiger partial charge in [-0.2, -0.15) is 0 Å². The Bertz CT molecular complexity index is 86.0. The minimum absolute atomic E-state index is 0.980. The second-order valence-electron chi connectivity index (χ2n) is 3.87. The number of hydrogen-bond donors (Lipinski definition) is 0. The van der Waals surface area contributed by atoms with Crippen LogP contribution in [0, 0.1) is 17.8 Å². The fraction of sp³-hybridized carbons (Fsp3) is 1.00. The molecular weight excluding hydrogens is 108 g/mol. The van der Waals surface area contributed by atoms with Gasteiger partial charge in [0.05, 0.1) is 0 Å². The second-order valence-corrected chi connectivity index (χ2v) is 3.87. The monoisotopic (exact) mass is 126 g/mol. The van der Waals surface area contributed by atoms with Crippen molar-refractivity contribution in [2.75, 3.05) is 0 Å². The molecule has 0 N–H and O–H groups in total. The first-order valence-corrected chi connectivity index (χ1v) is 4.20. The van der Waals surface area contributed by atoms with Crippen molar-refractivity contribution in [3.63, 3.8) is 0 Å². The third-order valence-electron chi connectivity index (χ3n) is 2.86. The van der Waals surface area contributed by atoms with Crippen LogP contribution in [0.2, 0.25) is 0 Å². The van der Waals surface area contributed by atoms with Crippen LogP contribution < -0.4 is 0 Å². The maximum Gasteiger partial charge on any atom is -0.0414 e. The largest absolute Gasteiger partial charge is 0.0625 e. The Hall–Kier alpha value is 0. The van der Waals surface area contributed by atoms with E-state index in [9.17, 15) is 0 Å². The molecule has 1 aliphatic rings. The normalized spacial score (nSPS) is 45.0. The van der Waals surface area contributed by atoms with Gasteiger partial charge >= 0.3 is 0 Å². The minimum Gasteiger partial charge on any atom is -0.0625 e. The summed E-state index contributed by atoms with van der Waals surface area (Å²) in [5.74, 6) is 2.96. The molecule has 1 saturated carbocycles. The molecule has 0 saturated heterocycles. The molecule has 0 bridgehead atoms. The molecule has 0 amide bonds. The van der Waals surface area contributed by atoms with Gasteiger partial charge in [0.1, 0.15) is 0 Å². The Balaban J connectivity index is 2.35. The van der Waals surface area contributed by atoms with Gasteiger partial charge in [0, 0.05) is 0 Å². The van der Waals surface area contributed by atoms with E-state index in [2.05, 4.69) is 20.8 Å². The van der Waals surface area contributed by atoms with E-state index >= 15 is 0 Å². The molecule has 1 rings (SSSR count). The number of hydrogen-bond acceptors (Lipinski definition) is 0. The molecule has 54 valence electrons. The summed E-state index contributed by atoms with van der Waals surface area (Å²) in [7, 11) is 0. The third kappa shape index (κ3) is 1.70. The van der Waals surface area contributed by atoms with Crippen molar-refractivity contribution in [3.05, 3.63) is 0 Å². The van der Waals surface area contributed by atoms with Crippen LogP contribution >= 0.6 is 0 Å². The fourth-order valence-corrected chi connectivity index (χ4v) is 1.82. The molecule has 0 radical (unpaired) electrons. The molecule has 0 unspecified atom stereocenters. The van der Waals surface area contributed by atoms with E-state index in [4.69, 9.17) is 0 Å². The lowest BCUT2D eigenvalue weighted by Gasteiger charge is -2.29. The average Bonchev–Trinajstić information content (AvgIpc) is 1.80. The van der Waals surface area contributed by atoms with E-state index in [0.717, 1.165) is 17.8 Å². The Kier molecular flexibility index (Phi) is 2.15. The van der Waals surface area contributed by atoms with Gasteiger partial charge in [0.25, 0.3) is 0 Å². The predicted octanol–water partition coefficient (Wildman–Crippen LogP) is 3.08. The summed E-state index contributed by atoms with van der Waals surface area (Å²) >= 11 is 0. The molecule has 0 spiro atoms. The summed E-state index contributed by atoms with van der Waals surface area (Å²) in [5.41, 5.74) is 0. The highest BCUT2D eigenvalue weighted by molar-refractivity contribution is 4.72. The Labute approximate surface area is 58.7 Å². The summed E-state index contributed by atoms with van der Waals surface area (Å²) in [5, 5.41) is 0. The SMILES string of the molecule is C[C@H]1CC[C@H](C)[C@H](C)C1. The highest BCUT2D eigenvalue weighted by Gasteiger charge is 2.20. The fourth-order valence-electron chi connectivity index (χ4n) is 1.82. The molecule has 9 heavy (non-hydrogen) atoms. The molecule has 0 aromatic rings. The molecule has 0 aliphatic heterocycles. The average molecular weight is 126 g/mol. The highest BCUT2D eigenvalue weighted by atomic mass is 14.3. The maximum absolute atomic E-state index is 2.39. The lowest BCUT2D eigenvalue weighted by Crippen LogP contribution is -2.18. The molecule has 1 fully saturated rings. The lowest BCUT2D eigenvalue weighted by molar-refractivity contribution is 0.220. The van der Waals surface area contributed by atoms with Gasteiger partial charge < -0.3 is 0 Å². The van der Waals surface area contributed by atoms with Crippen LogP contribution in [0.25, 0.3) is 0 Å². The van der Waals surface area contributed by atoms with Gasteiger partial charge in [0.2, 0.25) is 0 Å². The van der Waals surface area contributed by atoms with Gasteiger partial charge in [-0.3, -0.25) is 0 Å². The van der Waals surface area contributed by atoms with Gasteiger partial charge in [-0.05, 0) is 24.2 Å². The van der Waals surface area contributed by atoms with Crippen molar-refractivity contribution in [1.29, 1.82) is 0 Å². The highest BCUT2D eigenvalue weighted by Crippen LogP contribution is 2.32. The van der Waals surface area contributed by atoms with Crippen molar-refractivity contribution in [2.45, 2.75) is 40.0 Å². The Morgan fingerprint density at radius 1 is 0.889 bits per heavy atom. The van der Waals surface area contributed by atoms with E-state index in [1.165, 1.54) is 19.3 Å². The van der Waals surface area contributed by atoms with E-state index < -0.39 is 0 Å². The van der Waals surface area contributed by atoms with E-state index in [-0.39, 0.29) is 0 Å². The van der Waals surface area contributed by atoms with Gasteiger partial charge in [-0.15, -0.1) is 0 Å². The van der Waals surface area contributed by atoms with Gasteiger partial charge in [-0.25, -0.2) is 0 Å². The van der Waals surface area contributed by atoms with Crippen molar-refractivity contribution in [1.82, 2.24) is 0 Å². The molecule has 1 aliphatic carbocycles. The zero-order valence-electron chi connectivity index (χ0n) is 6.85. The summed E-state index contributed by atoms with van der Waals surface area (Å²) < 4.78 is 0. The van der Waals surface area contributed by atoms with E-state index in [1.807, 2.05) is 0 Å². The van der Waals surface area contributed by atoms with Crippen molar-refractivity contribution in [2.24, 2.45) is 17.8 Å². The summed E-state index contributed by atoms with van der Waals surface area (Å²) in [6.45, 7) is 7.15. The molecule has 0 heteroatoms. The predicted molar refractivity (Wildman–Crippen MR) is 41.3 cm³/mol. The Morgan fingerprint density at radius 2 is 1.56 bits per heavy atom. The molecule has 0 aromatic heterocycles. The summed E-state index contributed by atoms with van der Waals surface area (Å²) in [6.07, 6.45) is 4.38. The molecule has 0 heterocycles. The molecule has 0 aromatic carbocycles. The third-order valence-corrected chi connectivity index (χ3v) is 2.86. The Morgan fingerprint density at radius 3 is 2.00 bits per heavy atom. The van der Waals surface area contributed by atoms with E-state index in [0.29, 0.717) is 0 Å². The van der Waals surface area contributed by atoms with Crippen LogP contribution in [0.1, 0.15) is 40.0 Å². The van der Waals surface area contributed by atoms with Crippen LogP contribution in [-0.4, -0.2) is 0 Å². The summed E-state index contributed by atoms with van der Waals surface area (Å²) in [4.78, 5) is 0. The standard InChI is InChI=1S/C9H18/c1-7-4-5-8(2)9(3)6-7/h7-9H,4-6H2,1-3H3/t7-,8-,9+/m0/s1. The summed E-state index contributed by atoms with van der Waals surface area (Å²) in [6, 6.07) is 0. The quantitative estimate of drug-likeness (QED) is 0.468. The van der Waals surface area contributed by atoms with Gasteiger partial charge in [0.15, 0.2) is 0 Å². The van der Waals surface area contributed by atoms with Crippen LogP contribution in [0.4, 0.5) is 0 Å². The van der Waals surface area contributed by atoms with Crippen molar-refractivity contribution < 1.29 is 0 Å². The van der Waals surface area contributed by atoms with Crippen molar-refractivity contribution in [3.8, 4) is 0 Å². The van der Waals surface area contributed by atoms with Gasteiger partial charge in [-0.1, -0.05) is 33.6 Å². The first kappa shape index (κ1) is 7.11. The van der Waals surface area contributed by atoms with Crippen LogP contribution in [-0.2, 0) is 0 Å². The zero-order chi connectivity index (χ0) is 6.85. The topological polar surface area (TPSA) is 0 Å². The number of rotatable bonds is 0. The molecule has 0 nitrogen and oxygen atoms in total. The molecule has 3 atom stereocenters. The van der Waals surface area contributed by atoms with Crippen LogP contribution in [0.3, 0.4) is 0 Å². The second kappa shape index (κ2) is 2.72. The van der Waals surface area contributed by atoms with Crippen LogP contribution in [0.15, 0.2) is 0 Å². The van der Waals surface area contributed by atoms with Crippen LogP contribution in [0.5, 0.6) is 0 Å².